The molecule has 5 nitrogen and oxygen atoms in total. The number of rotatable bonds is 4. The quantitative estimate of drug-likeness (QED) is 0.654. The summed E-state index contributed by atoms with van der Waals surface area (Å²) in [6, 6.07) is 17.1. The summed E-state index contributed by atoms with van der Waals surface area (Å²) in [5, 5.41) is 3.88. The van der Waals surface area contributed by atoms with Crippen molar-refractivity contribution in [2.24, 2.45) is 0 Å². The topological polar surface area (TPSA) is 65.2 Å². The van der Waals surface area contributed by atoms with Gasteiger partial charge in [0.25, 0.3) is 11.8 Å². The highest BCUT2D eigenvalue weighted by Gasteiger charge is 2.27. The van der Waals surface area contributed by atoms with Gasteiger partial charge in [0, 0.05) is 40.8 Å². The molecule has 29 heavy (non-hydrogen) atoms. The number of carbonyl (C=O) groups is 2. The van der Waals surface area contributed by atoms with Gasteiger partial charge in [-0.05, 0) is 50.5 Å². The summed E-state index contributed by atoms with van der Waals surface area (Å²) in [5.41, 5.74) is 2.70. The van der Waals surface area contributed by atoms with E-state index in [1.807, 2.05) is 53.6 Å². The summed E-state index contributed by atoms with van der Waals surface area (Å²) in [7, 11) is 0. The normalized spacial score (nSPS) is 17.3. The van der Waals surface area contributed by atoms with Crippen LogP contribution in [0.1, 0.15) is 42.1 Å². The first-order valence-electron chi connectivity index (χ1n) is 10.1. The van der Waals surface area contributed by atoms with E-state index in [1.165, 1.54) is 0 Å². The highest BCUT2D eigenvalue weighted by atomic mass is 16.2. The van der Waals surface area contributed by atoms with Crippen molar-refractivity contribution >= 4 is 28.8 Å². The average Bonchev–Trinajstić information content (AvgIpc) is 3.16. The van der Waals surface area contributed by atoms with Crippen molar-refractivity contribution in [2.75, 3.05) is 6.54 Å². The van der Waals surface area contributed by atoms with E-state index in [-0.39, 0.29) is 17.9 Å². The Balaban J connectivity index is 1.70. The molecular weight excluding hydrogens is 362 g/mol. The van der Waals surface area contributed by atoms with Crippen molar-refractivity contribution in [3.8, 4) is 0 Å². The zero-order valence-corrected chi connectivity index (χ0v) is 16.5. The monoisotopic (exact) mass is 387 g/mol. The Bertz CT molecular complexity index is 1050. The van der Waals surface area contributed by atoms with Crippen LogP contribution < -0.4 is 5.32 Å². The minimum absolute atomic E-state index is 0.133. The van der Waals surface area contributed by atoms with Crippen LogP contribution in [0.3, 0.4) is 0 Å². The number of carbonyl (C=O) groups excluding carboxylic acids is 2. The van der Waals surface area contributed by atoms with Crippen LogP contribution in [0.5, 0.6) is 0 Å². The first-order chi connectivity index (χ1) is 14.1. The third-order valence-electron chi connectivity index (χ3n) is 5.50. The molecule has 0 saturated carbocycles. The number of hydrogen-bond donors (Lipinski definition) is 2. The summed E-state index contributed by atoms with van der Waals surface area (Å²) in [4.78, 5) is 31.3. The van der Waals surface area contributed by atoms with Gasteiger partial charge in [0.15, 0.2) is 0 Å². The second kappa shape index (κ2) is 8.35. The third-order valence-corrected chi connectivity index (χ3v) is 5.50. The number of benzene rings is 2. The SMILES string of the molecule is CC1CCCCN1C(=O)C(=Cc1c[nH]c2ccccc12)NC(=O)c1ccccc1. The van der Waals surface area contributed by atoms with Crippen molar-refractivity contribution < 1.29 is 9.59 Å². The van der Waals surface area contributed by atoms with E-state index in [1.54, 1.807) is 18.2 Å². The zero-order valence-electron chi connectivity index (χ0n) is 16.5. The van der Waals surface area contributed by atoms with Gasteiger partial charge in [-0.25, -0.2) is 0 Å². The Kier molecular flexibility index (Phi) is 5.47. The average molecular weight is 387 g/mol. The first kappa shape index (κ1) is 19.0. The number of hydrogen-bond acceptors (Lipinski definition) is 2. The Labute approximate surface area is 170 Å². The lowest BCUT2D eigenvalue weighted by Gasteiger charge is -2.34. The van der Waals surface area contributed by atoms with Crippen molar-refractivity contribution in [2.45, 2.75) is 32.2 Å². The Morgan fingerprint density at radius 3 is 2.62 bits per heavy atom. The van der Waals surface area contributed by atoms with Gasteiger partial charge < -0.3 is 15.2 Å². The van der Waals surface area contributed by atoms with Crippen LogP contribution in [0.2, 0.25) is 0 Å². The fourth-order valence-electron chi connectivity index (χ4n) is 3.86. The highest BCUT2D eigenvalue weighted by molar-refractivity contribution is 6.06. The molecule has 0 aliphatic carbocycles. The molecule has 0 spiro atoms. The Morgan fingerprint density at radius 2 is 1.83 bits per heavy atom. The van der Waals surface area contributed by atoms with E-state index in [0.717, 1.165) is 35.7 Å². The number of likely N-dealkylation sites (tertiary alicyclic amines) is 1. The van der Waals surface area contributed by atoms with Crippen molar-refractivity contribution in [1.29, 1.82) is 0 Å². The van der Waals surface area contributed by atoms with E-state index in [4.69, 9.17) is 0 Å². The molecule has 0 radical (unpaired) electrons. The van der Waals surface area contributed by atoms with Crippen LogP contribution in [-0.2, 0) is 4.79 Å². The summed E-state index contributed by atoms with van der Waals surface area (Å²) in [5.74, 6) is -0.415. The fourth-order valence-corrected chi connectivity index (χ4v) is 3.86. The maximum atomic E-state index is 13.4. The number of nitrogens with zero attached hydrogens (tertiary/aromatic N) is 1. The minimum atomic E-state index is -0.283. The predicted octanol–water partition coefficient (Wildman–Crippen LogP) is 4.34. The summed E-state index contributed by atoms with van der Waals surface area (Å²) in [6.45, 7) is 2.78. The largest absolute Gasteiger partial charge is 0.361 e. The van der Waals surface area contributed by atoms with Gasteiger partial charge in [-0.2, -0.15) is 0 Å². The molecule has 2 heterocycles. The van der Waals surface area contributed by atoms with E-state index in [9.17, 15) is 9.59 Å². The number of H-pyrrole nitrogens is 1. The lowest BCUT2D eigenvalue weighted by Crippen LogP contribution is -2.45. The zero-order chi connectivity index (χ0) is 20.2. The van der Waals surface area contributed by atoms with E-state index < -0.39 is 0 Å². The van der Waals surface area contributed by atoms with Gasteiger partial charge in [0.1, 0.15) is 5.70 Å². The maximum absolute atomic E-state index is 13.4. The second-order valence-corrected chi connectivity index (χ2v) is 7.51. The molecule has 1 aromatic heterocycles. The van der Waals surface area contributed by atoms with Gasteiger partial charge >= 0.3 is 0 Å². The van der Waals surface area contributed by atoms with Crippen LogP contribution in [-0.4, -0.2) is 34.3 Å². The second-order valence-electron chi connectivity index (χ2n) is 7.51. The number of para-hydroxylation sites is 1. The molecule has 4 rings (SSSR count). The third kappa shape index (κ3) is 4.09. The van der Waals surface area contributed by atoms with Crippen LogP contribution in [0, 0.1) is 0 Å². The number of aromatic nitrogens is 1. The van der Waals surface area contributed by atoms with Crippen molar-refractivity contribution in [3.63, 3.8) is 0 Å². The summed E-state index contributed by atoms with van der Waals surface area (Å²) in [6.07, 6.45) is 6.75. The van der Waals surface area contributed by atoms with E-state index in [0.29, 0.717) is 17.8 Å². The van der Waals surface area contributed by atoms with E-state index >= 15 is 0 Å². The molecule has 1 aliphatic rings. The lowest BCUT2D eigenvalue weighted by molar-refractivity contribution is -0.130. The number of nitrogens with one attached hydrogen (secondary N) is 2. The summed E-state index contributed by atoms with van der Waals surface area (Å²) < 4.78 is 0. The fraction of sp³-hybridized carbons (Fsp3) is 0.250. The van der Waals surface area contributed by atoms with Crippen molar-refractivity contribution in [3.05, 3.63) is 77.6 Å². The number of fused-ring (bicyclic) bond motifs is 1. The molecule has 2 N–H and O–H groups in total. The maximum Gasteiger partial charge on any atom is 0.270 e. The molecule has 5 heteroatoms. The number of amides is 2. The van der Waals surface area contributed by atoms with Gasteiger partial charge in [-0.1, -0.05) is 36.4 Å². The Morgan fingerprint density at radius 1 is 1.07 bits per heavy atom. The first-order valence-corrected chi connectivity index (χ1v) is 10.1. The smallest absolute Gasteiger partial charge is 0.270 e. The molecule has 1 saturated heterocycles. The predicted molar refractivity (Wildman–Crippen MR) is 115 cm³/mol. The van der Waals surface area contributed by atoms with E-state index in [2.05, 4.69) is 17.2 Å². The van der Waals surface area contributed by atoms with Crippen molar-refractivity contribution in [1.82, 2.24) is 15.2 Å². The number of piperidine rings is 1. The molecular formula is C24H25N3O2. The minimum Gasteiger partial charge on any atom is -0.361 e. The van der Waals surface area contributed by atoms with Gasteiger partial charge in [0.2, 0.25) is 0 Å². The van der Waals surface area contributed by atoms with Crippen LogP contribution in [0.25, 0.3) is 17.0 Å². The van der Waals surface area contributed by atoms with Crippen LogP contribution in [0.15, 0.2) is 66.5 Å². The standard InChI is InChI=1S/C24H25N3O2/c1-17-9-7-8-14-27(17)24(29)22(26-23(28)18-10-3-2-4-11-18)15-19-16-25-21-13-6-5-12-20(19)21/h2-6,10-13,15-17,25H,7-9,14H2,1H3,(H,26,28). The lowest BCUT2D eigenvalue weighted by atomic mass is 10.0. The molecule has 148 valence electrons. The van der Waals surface area contributed by atoms with Gasteiger partial charge in [0.05, 0.1) is 0 Å². The molecule has 2 amide bonds. The van der Waals surface area contributed by atoms with Gasteiger partial charge in [-0.3, -0.25) is 9.59 Å². The highest BCUT2D eigenvalue weighted by Crippen LogP contribution is 2.23. The van der Waals surface area contributed by atoms with Crippen LogP contribution >= 0.6 is 0 Å². The molecule has 1 atom stereocenters. The molecule has 0 bridgehead atoms. The summed E-state index contributed by atoms with van der Waals surface area (Å²) >= 11 is 0. The number of aromatic amines is 1. The Hall–Kier alpha value is -3.34. The van der Waals surface area contributed by atoms with Gasteiger partial charge in [-0.15, -0.1) is 0 Å². The van der Waals surface area contributed by atoms with Crippen LogP contribution in [0.4, 0.5) is 0 Å². The molecule has 1 fully saturated rings. The molecule has 3 aromatic rings. The molecule has 1 aliphatic heterocycles. The molecule has 1 unspecified atom stereocenters. The molecule has 2 aromatic carbocycles.